The molecule has 1 heterocycles. The van der Waals surface area contributed by atoms with Gasteiger partial charge in [0, 0.05) is 4.47 Å². The van der Waals surface area contributed by atoms with Gasteiger partial charge in [0.25, 0.3) is 0 Å². The van der Waals surface area contributed by atoms with Crippen molar-refractivity contribution < 1.29 is 4.39 Å². The SMILES string of the molecule is Nc1c(Nc2ccc(Br)cc2F)ccc2scnc12. The second-order valence-electron chi connectivity index (χ2n) is 3.98. The highest BCUT2D eigenvalue weighted by Gasteiger charge is 2.09. The molecule has 3 nitrogen and oxygen atoms in total. The number of anilines is 3. The molecule has 0 saturated carbocycles. The molecule has 0 saturated heterocycles. The van der Waals surface area contributed by atoms with E-state index in [1.807, 2.05) is 12.1 Å². The van der Waals surface area contributed by atoms with Crippen LogP contribution in [0.15, 0.2) is 40.3 Å². The Morgan fingerprint density at radius 2 is 2.00 bits per heavy atom. The van der Waals surface area contributed by atoms with Gasteiger partial charge in [-0.3, -0.25) is 0 Å². The molecule has 19 heavy (non-hydrogen) atoms. The quantitative estimate of drug-likeness (QED) is 0.675. The van der Waals surface area contributed by atoms with Gasteiger partial charge in [0.2, 0.25) is 0 Å². The number of aromatic nitrogens is 1. The van der Waals surface area contributed by atoms with Gasteiger partial charge in [-0.25, -0.2) is 9.37 Å². The second kappa shape index (κ2) is 4.79. The van der Waals surface area contributed by atoms with Gasteiger partial charge in [-0.15, -0.1) is 11.3 Å². The van der Waals surface area contributed by atoms with Crippen LogP contribution in [0.4, 0.5) is 21.5 Å². The number of halogens is 2. The molecule has 0 aliphatic rings. The Balaban J connectivity index is 2.03. The van der Waals surface area contributed by atoms with E-state index in [-0.39, 0.29) is 5.82 Å². The Morgan fingerprint density at radius 1 is 1.21 bits per heavy atom. The van der Waals surface area contributed by atoms with E-state index >= 15 is 0 Å². The van der Waals surface area contributed by atoms with Crippen molar-refractivity contribution in [1.82, 2.24) is 4.98 Å². The zero-order valence-electron chi connectivity index (χ0n) is 9.65. The third-order valence-electron chi connectivity index (χ3n) is 2.74. The lowest BCUT2D eigenvalue weighted by atomic mass is 10.2. The minimum Gasteiger partial charge on any atom is -0.395 e. The Hall–Kier alpha value is -1.66. The lowest BCUT2D eigenvalue weighted by molar-refractivity contribution is 0.631. The van der Waals surface area contributed by atoms with Gasteiger partial charge in [-0.2, -0.15) is 0 Å². The fourth-order valence-electron chi connectivity index (χ4n) is 1.80. The summed E-state index contributed by atoms with van der Waals surface area (Å²) in [5.74, 6) is -0.341. The van der Waals surface area contributed by atoms with Crippen LogP contribution in [0, 0.1) is 5.82 Å². The number of benzene rings is 2. The molecule has 0 aliphatic heterocycles. The first kappa shape index (κ1) is 12.4. The molecule has 0 fully saturated rings. The summed E-state index contributed by atoms with van der Waals surface area (Å²) in [7, 11) is 0. The summed E-state index contributed by atoms with van der Waals surface area (Å²) in [6.07, 6.45) is 0. The molecule has 3 N–H and O–H groups in total. The molecule has 0 atom stereocenters. The fraction of sp³-hybridized carbons (Fsp3) is 0. The Labute approximate surface area is 121 Å². The summed E-state index contributed by atoms with van der Waals surface area (Å²) in [5.41, 5.74) is 10.1. The van der Waals surface area contributed by atoms with E-state index in [1.54, 1.807) is 17.6 Å². The predicted molar refractivity (Wildman–Crippen MR) is 81.4 cm³/mol. The number of fused-ring (bicyclic) bond motifs is 1. The highest BCUT2D eigenvalue weighted by atomic mass is 79.9. The summed E-state index contributed by atoms with van der Waals surface area (Å²) in [6.45, 7) is 0. The molecule has 96 valence electrons. The maximum absolute atomic E-state index is 13.8. The Morgan fingerprint density at radius 3 is 2.79 bits per heavy atom. The highest BCUT2D eigenvalue weighted by molar-refractivity contribution is 9.10. The van der Waals surface area contributed by atoms with Crippen molar-refractivity contribution >= 4 is 54.5 Å². The lowest BCUT2D eigenvalue weighted by Gasteiger charge is -2.10. The largest absolute Gasteiger partial charge is 0.395 e. The third kappa shape index (κ3) is 2.29. The number of nitrogens with zero attached hydrogens (tertiary/aromatic N) is 1. The average Bonchev–Trinajstić information content (AvgIpc) is 2.85. The van der Waals surface area contributed by atoms with Crippen molar-refractivity contribution in [3.63, 3.8) is 0 Å². The van der Waals surface area contributed by atoms with Crippen LogP contribution in [-0.2, 0) is 0 Å². The smallest absolute Gasteiger partial charge is 0.147 e. The highest BCUT2D eigenvalue weighted by Crippen LogP contribution is 2.32. The fourth-order valence-corrected chi connectivity index (χ4v) is 2.82. The van der Waals surface area contributed by atoms with Gasteiger partial charge in [-0.1, -0.05) is 15.9 Å². The van der Waals surface area contributed by atoms with Crippen LogP contribution in [0.2, 0.25) is 0 Å². The van der Waals surface area contributed by atoms with Crippen molar-refractivity contribution in [2.24, 2.45) is 0 Å². The topological polar surface area (TPSA) is 50.9 Å². The van der Waals surface area contributed by atoms with Crippen LogP contribution >= 0.6 is 27.3 Å². The van der Waals surface area contributed by atoms with Crippen LogP contribution in [0.3, 0.4) is 0 Å². The molecule has 0 bridgehead atoms. The molecule has 3 rings (SSSR count). The Kier molecular flexibility index (Phi) is 3.12. The monoisotopic (exact) mass is 337 g/mol. The zero-order chi connectivity index (χ0) is 13.4. The molecular weight excluding hydrogens is 329 g/mol. The lowest BCUT2D eigenvalue weighted by Crippen LogP contribution is -1.98. The second-order valence-corrected chi connectivity index (χ2v) is 5.78. The summed E-state index contributed by atoms with van der Waals surface area (Å²) in [5, 5.41) is 2.99. The first-order valence-electron chi connectivity index (χ1n) is 5.49. The number of hydrogen-bond donors (Lipinski definition) is 2. The molecule has 6 heteroatoms. The minimum atomic E-state index is -0.341. The number of thiazole rings is 1. The van der Waals surface area contributed by atoms with Gasteiger partial charge in [0.1, 0.15) is 11.3 Å². The number of nitrogens with two attached hydrogens (primary N) is 1. The number of rotatable bonds is 2. The van der Waals surface area contributed by atoms with Gasteiger partial charge in [-0.05, 0) is 30.3 Å². The van der Waals surface area contributed by atoms with Crippen molar-refractivity contribution in [2.75, 3.05) is 11.1 Å². The first-order valence-corrected chi connectivity index (χ1v) is 7.16. The molecule has 0 radical (unpaired) electrons. The molecular formula is C13H9BrFN3S. The van der Waals surface area contributed by atoms with E-state index in [2.05, 4.69) is 26.2 Å². The zero-order valence-corrected chi connectivity index (χ0v) is 12.1. The minimum absolute atomic E-state index is 0.341. The van der Waals surface area contributed by atoms with E-state index in [1.165, 1.54) is 17.4 Å². The summed E-state index contributed by atoms with van der Waals surface area (Å²) in [6, 6.07) is 8.58. The van der Waals surface area contributed by atoms with E-state index in [9.17, 15) is 4.39 Å². The number of hydrogen-bond acceptors (Lipinski definition) is 4. The van der Waals surface area contributed by atoms with E-state index < -0.39 is 0 Å². The standard InChI is InChI=1S/C13H9BrFN3S/c14-7-1-2-9(8(15)5-7)18-10-3-4-11-13(12(10)16)17-6-19-11/h1-6,18H,16H2. The van der Waals surface area contributed by atoms with Crippen molar-refractivity contribution in [1.29, 1.82) is 0 Å². The van der Waals surface area contributed by atoms with Crippen LogP contribution < -0.4 is 11.1 Å². The molecule has 0 amide bonds. The normalized spacial score (nSPS) is 10.8. The Bertz CT molecular complexity index is 757. The van der Waals surface area contributed by atoms with Gasteiger partial charge >= 0.3 is 0 Å². The molecule has 0 unspecified atom stereocenters. The van der Waals surface area contributed by atoms with Crippen LogP contribution in [0.1, 0.15) is 0 Å². The molecule has 2 aromatic carbocycles. The van der Waals surface area contributed by atoms with Crippen LogP contribution in [0.25, 0.3) is 10.2 Å². The molecule has 3 aromatic rings. The van der Waals surface area contributed by atoms with Gasteiger partial charge < -0.3 is 11.1 Å². The van der Waals surface area contributed by atoms with Crippen LogP contribution in [-0.4, -0.2) is 4.98 Å². The first-order chi connectivity index (χ1) is 9.15. The summed E-state index contributed by atoms with van der Waals surface area (Å²) in [4.78, 5) is 4.21. The van der Waals surface area contributed by atoms with Crippen LogP contribution in [0.5, 0.6) is 0 Å². The molecule has 0 aliphatic carbocycles. The molecule has 0 spiro atoms. The third-order valence-corrected chi connectivity index (χ3v) is 4.03. The van der Waals surface area contributed by atoms with Gasteiger partial charge in [0.05, 0.1) is 27.3 Å². The van der Waals surface area contributed by atoms with E-state index in [4.69, 9.17) is 5.73 Å². The van der Waals surface area contributed by atoms with Crippen molar-refractivity contribution in [2.45, 2.75) is 0 Å². The summed E-state index contributed by atoms with van der Waals surface area (Å²) >= 11 is 4.74. The summed E-state index contributed by atoms with van der Waals surface area (Å²) < 4.78 is 15.5. The maximum Gasteiger partial charge on any atom is 0.147 e. The predicted octanol–water partition coefficient (Wildman–Crippen LogP) is 4.52. The average molecular weight is 338 g/mol. The van der Waals surface area contributed by atoms with Gasteiger partial charge in [0.15, 0.2) is 0 Å². The van der Waals surface area contributed by atoms with Crippen molar-refractivity contribution in [3.05, 3.63) is 46.1 Å². The molecule has 1 aromatic heterocycles. The van der Waals surface area contributed by atoms with E-state index in [0.29, 0.717) is 21.5 Å². The maximum atomic E-state index is 13.8. The van der Waals surface area contributed by atoms with E-state index in [0.717, 1.165) is 10.2 Å². The number of nitrogen functional groups attached to an aromatic ring is 1. The number of nitrogens with one attached hydrogen (secondary N) is 1. The van der Waals surface area contributed by atoms with Crippen molar-refractivity contribution in [3.8, 4) is 0 Å².